The van der Waals surface area contributed by atoms with Gasteiger partial charge in [-0.05, 0) is 92.1 Å². The normalized spacial score (nSPS) is 14.4. The van der Waals surface area contributed by atoms with E-state index in [1.807, 2.05) is 32.9 Å². The average molecular weight is 569 g/mol. The molecule has 0 aliphatic carbocycles. The first-order valence-corrected chi connectivity index (χ1v) is 14.8. The maximum Gasteiger partial charge on any atom is 0.262 e. The number of nitrogens with zero attached hydrogens (tertiary/aromatic N) is 1. The maximum atomic E-state index is 13.4. The molecule has 0 spiro atoms. The molecular weight excluding hydrogens is 528 g/mol. The fraction of sp³-hybridized carbons (Fsp3) is 0.371. The number of carbonyl (C=O) groups is 4. The maximum absolute atomic E-state index is 13.4. The highest BCUT2D eigenvalue weighted by Crippen LogP contribution is 2.36. The minimum Gasteiger partial charge on any atom is -0.457 e. The lowest BCUT2D eigenvalue weighted by Crippen LogP contribution is -2.49. The van der Waals surface area contributed by atoms with Crippen LogP contribution in [0.25, 0.3) is 0 Å². The first-order chi connectivity index (χ1) is 20.0. The van der Waals surface area contributed by atoms with Crippen molar-refractivity contribution in [2.24, 2.45) is 0 Å². The Morgan fingerprint density at radius 3 is 1.88 bits per heavy atom. The SMILES string of the molecule is CCCC(C)(CC)N1C(=O)c2cc(C=O)c(C(=O)Nc3ccc(Oc4ccc(C(C)(CC)CC)cc4)cc3)cc2C1=O. The summed E-state index contributed by atoms with van der Waals surface area (Å²) in [5.41, 5.74) is 1.63. The molecule has 7 nitrogen and oxygen atoms in total. The number of ether oxygens (including phenoxy) is 1. The lowest BCUT2D eigenvalue weighted by atomic mass is 9.78. The molecule has 3 aromatic rings. The van der Waals surface area contributed by atoms with Crippen molar-refractivity contribution in [2.45, 2.75) is 84.6 Å². The Kier molecular flexibility index (Phi) is 9.00. The Morgan fingerprint density at radius 1 is 0.833 bits per heavy atom. The topological polar surface area (TPSA) is 92.8 Å². The third-order valence-electron chi connectivity index (χ3n) is 8.98. The van der Waals surface area contributed by atoms with Crippen LogP contribution in [0.2, 0.25) is 0 Å². The molecule has 0 bridgehead atoms. The van der Waals surface area contributed by atoms with Gasteiger partial charge in [0, 0.05) is 16.8 Å². The zero-order valence-electron chi connectivity index (χ0n) is 25.4. The molecule has 0 aromatic heterocycles. The van der Waals surface area contributed by atoms with Gasteiger partial charge in [-0.15, -0.1) is 0 Å². The first kappa shape index (κ1) is 30.7. The van der Waals surface area contributed by atoms with E-state index in [0.717, 1.165) is 19.3 Å². The van der Waals surface area contributed by atoms with Crippen LogP contribution in [0.5, 0.6) is 11.5 Å². The molecule has 1 aliphatic heterocycles. The number of anilines is 1. The standard InChI is InChI=1S/C35H40N2O5/c1-7-19-35(6,10-4)37-32(40)29-20-23(22-38)28(21-30(29)33(37)41)31(39)36-25-13-17-27(18-14-25)42-26-15-11-24(12-16-26)34(5,8-2)9-3/h11-18,20-22H,7-10,19H2,1-6H3,(H,36,39). The molecule has 7 heteroatoms. The van der Waals surface area contributed by atoms with Gasteiger partial charge in [0.15, 0.2) is 6.29 Å². The summed E-state index contributed by atoms with van der Waals surface area (Å²) in [4.78, 5) is 53.1. The lowest BCUT2D eigenvalue weighted by Gasteiger charge is -2.36. The average Bonchev–Trinajstić information content (AvgIpc) is 3.26. The van der Waals surface area contributed by atoms with Crippen LogP contribution in [0.15, 0.2) is 60.7 Å². The van der Waals surface area contributed by atoms with Crippen LogP contribution >= 0.6 is 0 Å². The van der Waals surface area contributed by atoms with Crippen LogP contribution in [0.1, 0.15) is 121 Å². The van der Waals surface area contributed by atoms with Gasteiger partial charge in [0.25, 0.3) is 17.7 Å². The largest absolute Gasteiger partial charge is 0.457 e. The van der Waals surface area contributed by atoms with Crippen molar-refractivity contribution in [1.82, 2.24) is 4.90 Å². The Labute approximate surface area is 248 Å². The fourth-order valence-corrected chi connectivity index (χ4v) is 5.60. The Morgan fingerprint density at radius 2 is 1.38 bits per heavy atom. The first-order valence-electron chi connectivity index (χ1n) is 14.8. The van der Waals surface area contributed by atoms with Crippen molar-refractivity contribution < 1.29 is 23.9 Å². The summed E-state index contributed by atoms with van der Waals surface area (Å²) >= 11 is 0. The van der Waals surface area contributed by atoms with Crippen LogP contribution in [0.3, 0.4) is 0 Å². The van der Waals surface area contributed by atoms with E-state index in [1.54, 1.807) is 24.3 Å². The summed E-state index contributed by atoms with van der Waals surface area (Å²) in [6, 6.07) is 17.7. The van der Waals surface area contributed by atoms with Crippen LogP contribution < -0.4 is 10.1 Å². The lowest BCUT2D eigenvalue weighted by molar-refractivity contribution is 0.0424. The highest BCUT2D eigenvalue weighted by atomic mass is 16.5. The van der Waals surface area contributed by atoms with Crippen LogP contribution in [0.4, 0.5) is 5.69 Å². The highest BCUT2D eigenvalue weighted by Gasteiger charge is 2.45. The second-order valence-electron chi connectivity index (χ2n) is 11.5. The number of imide groups is 1. The monoisotopic (exact) mass is 568 g/mol. The molecule has 0 saturated carbocycles. The summed E-state index contributed by atoms with van der Waals surface area (Å²) < 4.78 is 6.00. The molecule has 0 radical (unpaired) electrons. The van der Waals surface area contributed by atoms with Gasteiger partial charge in [-0.2, -0.15) is 0 Å². The number of rotatable bonds is 12. The van der Waals surface area contributed by atoms with Gasteiger partial charge < -0.3 is 10.1 Å². The molecule has 4 rings (SSSR count). The highest BCUT2D eigenvalue weighted by molar-refractivity contribution is 6.23. The minimum absolute atomic E-state index is 0.0343. The molecule has 1 aliphatic rings. The number of benzene rings is 3. The number of carbonyl (C=O) groups excluding carboxylic acids is 4. The van der Waals surface area contributed by atoms with Crippen molar-refractivity contribution in [1.29, 1.82) is 0 Å². The van der Waals surface area contributed by atoms with Crippen molar-refractivity contribution in [3.8, 4) is 11.5 Å². The van der Waals surface area contributed by atoms with Gasteiger partial charge in [0.05, 0.1) is 16.7 Å². The molecule has 0 fully saturated rings. The minimum atomic E-state index is -0.650. The Balaban J connectivity index is 1.50. The van der Waals surface area contributed by atoms with E-state index in [2.05, 4.69) is 38.2 Å². The van der Waals surface area contributed by atoms with Gasteiger partial charge >= 0.3 is 0 Å². The summed E-state index contributed by atoms with van der Waals surface area (Å²) in [7, 11) is 0. The summed E-state index contributed by atoms with van der Waals surface area (Å²) in [6.45, 7) is 12.5. The number of amides is 3. The molecule has 1 N–H and O–H groups in total. The van der Waals surface area contributed by atoms with E-state index < -0.39 is 23.3 Å². The fourth-order valence-electron chi connectivity index (χ4n) is 5.60. The predicted octanol–water partition coefficient (Wildman–Crippen LogP) is 8.19. The predicted molar refractivity (Wildman–Crippen MR) is 165 cm³/mol. The zero-order chi connectivity index (χ0) is 30.7. The molecule has 220 valence electrons. The van der Waals surface area contributed by atoms with Crippen LogP contribution in [0, 0.1) is 0 Å². The van der Waals surface area contributed by atoms with Crippen molar-refractivity contribution >= 4 is 29.7 Å². The molecule has 3 amide bonds. The third-order valence-corrected chi connectivity index (χ3v) is 8.98. The second-order valence-corrected chi connectivity index (χ2v) is 11.5. The van der Waals surface area contributed by atoms with Crippen molar-refractivity contribution in [3.63, 3.8) is 0 Å². The Hall–Kier alpha value is -4.26. The van der Waals surface area contributed by atoms with E-state index in [-0.39, 0.29) is 27.7 Å². The number of aldehydes is 1. The van der Waals surface area contributed by atoms with Crippen molar-refractivity contribution in [2.75, 3.05) is 5.32 Å². The smallest absolute Gasteiger partial charge is 0.262 e. The Bertz CT molecular complexity index is 1490. The van der Waals surface area contributed by atoms with Gasteiger partial charge in [-0.25, -0.2) is 0 Å². The molecule has 0 saturated heterocycles. The molecule has 1 atom stereocenters. The molecule has 3 aromatic carbocycles. The van der Waals surface area contributed by atoms with Crippen LogP contribution in [-0.4, -0.2) is 34.4 Å². The summed E-state index contributed by atoms with van der Waals surface area (Å²) in [5.74, 6) is -0.105. The van der Waals surface area contributed by atoms with Crippen molar-refractivity contribution in [3.05, 3.63) is 88.5 Å². The molecular formula is C35H40N2O5. The summed E-state index contributed by atoms with van der Waals surface area (Å²) in [5, 5.41) is 2.79. The van der Waals surface area contributed by atoms with E-state index >= 15 is 0 Å². The number of hydrogen-bond donors (Lipinski definition) is 1. The van der Waals surface area contributed by atoms with E-state index in [1.165, 1.54) is 22.6 Å². The van der Waals surface area contributed by atoms with E-state index in [4.69, 9.17) is 4.74 Å². The number of nitrogens with one attached hydrogen (secondary N) is 1. The van der Waals surface area contributed by atoms with Gasteiger partial charge in [0.1, 0.15) is 11.5 Å². The summed E-state index contributed by atoms with van der Waals surface area (Å²) in [6.07, 6.45) is 4.71. The van der Waals surface area contributed by atoms with Gasteiger partial charge in [-0.1, -0.05) is 53.2 Å². The van der Waals surface area contributed by atoms with E-state index in [9.17, 15) is 19.2 Å². The molecule has 1 heterocycles. The second kappa shape index (κ2) is 12.3. The van der Waals surface area contributed by atoms with Crippen LogP contribution in [-0.2, 0) is 5.41 Å². The van der Waals surface area contributed by atoms with Gasteiger partial charge in [0.2, 0.25) is 0 Å². The van der Waals surface area contributed by atoms with E-state index in [0.29, 0.717) is 36.3 Å². The molecule has 1 unspecified atom stereocenters. The number of hydrogen-bond acceptors (Lipinski definition) is 5. The zero-order valence-corrected chi connectivity index (χ0v) is 25.4. The quantitative estimate of drug-likeness (QED) is 0.176. The third kappa shape index (κ3) is 5.73. The van der Waals surface area contributed by atoms with Gasteiger partial charge in [-0.3, -0.25) is 24.1 Å². The number of fused-ring (bicyclic) bond motifs is 1. The molecule has 42 heavy (non-hydrogen) atoms.